The Morgan fingerprint density at radius 3 is 2.38 bits per heavy atom. The van der Waals surface area contributed by atoms with Gasteiger partial charge in [0.05, 0.1) is 28.9 Å². The van der Waals surface area contributed by atoms with Gasteiger partial charge in [-0.05, 0) is 12.1 Å². The van der Waals surface area contributed by atoms with E-state index in [0.29, 0.717) is 50.4 Å². The Bertz CT molecular complexity index is 540. The average Bonchev–Trinajstić information content (AvgIpc) is 2.92. The summed E-state index contributed by atoms with van der Waals surface area (Å²) in [7, 11) is 0. The lowest BCUT2D eigenvalue weighted by Gasteiger charge is -2.37. The quantitative estimate of drug-likeness (QED) is 0.803. The summed E-state index contributed by atoms with van der Waals surface area (Å²) in [6.07, 6.45) is 1.35. The normalized spacial score (nSPS) is 21.0. The molecule has 1 aromatic carbocycles. The lowest BCUT2D eigenvalue weighted by atomic mass is 10.0. The molecule has 2 fully saturated rings. The first kappa shape index (κ1) is 14.9. The van der Waals surface area contributed by atoms with Crippen molar-refractivity contribution in [2.75, 3.05) is 32.0 Å². The van der Waals surface area contributed by atoms with E-state index >= 15 is 0 Å². The maximum atomic E-state index is 12.5. The Labute approximate surface area is 132 Å². The van der Waals surface area contributed by atoms with E-state index in [2.05, 4.69) is 0 Å². The van der Waals surface area contributed by atoms with E-state index in [1.165, 1.54) is 0 Å². The number of rotatable bonds is 1. The van der Waals surface area contributed by atoms with Crippen molar-refractivity contribution in [3.05, 3.63) is 27.7 Å². The van der Waals surface area contributed by atoms with Gasteiger partial charge in [-0.25, -0.2) is 0 Å². The third-order valence-electron chi connectivity index (χ3n) is 3.93. The molecule has 3 rings (SSSR count). The van der Waals surface area contributed by atoms with Crippen LogP contribution in [0.5, 0.6) is 0 Å². The predicted molar refractivity (Wildman–Crippen MR) is 80.6 cm³/mol. The lowest BCUT2D eigenvalue weighted by molar-refractivity contribution is -0.181. The number of benzene rings is 1. The minimum absolute atomic E-state index is 0.104. The Balaban J connectivity index is 1.72. The molecule has 0 unspecified atom stereocenters. The zero-order chi connectivity index (χ0) is 15.0. The molecule has 2 heterocycles. The first-order chi connectivity index (χ1) is 10.0. The smallest absolute Gasteiger partial charge is 0.253 e. The second kappa shape index (κ2) is 5.65. The van der Waals surface area contributed by atoms with Gasteiger partial charge < -0.3 is 20.1 Å². The molecular formula is C14H16Cl2N2O3. The van der Waals surface area contributed by atoms with Crippen LogP contribution in [0.25, 0.3) is 0 Å². The number of carbonyl (C=O) groups excluding carboxylic acids is 1. The highest BCUT2D eigenvalue weighted by Crippen LogP contribution is 2.33. The van der Waals surface area contributed by atoms with E-state index in [-0.39, 0.29) is 16.0 Å². The van der Waals surface area contributed by atoms with Crippen molar-refractivity contribution in [2.24, 2.45) is 0 Å². The summed E-state index contributed by atoms with van der Waals surface area (Å²) in [4.78, 5) is 14.3. The molecule has 7 heteroatoms. The molecule has 0 atom stereocenters. The number of hydrogen-bond acceptors (Lipinski definition) is 4. The number of nitrogens with two attached hydrogens (primary N) is 1. The van der Waals surface area contributed by atoms with Gasteiger partial charge in [0.2, 0.25) is 0 Å². The fourth-order valence-electron chi connectivity index (χ4n) is 2.75. The molecular weight excluding hydrogens is 315 g/mol. The maximum Gasteiger partial charge on any atom is 0.253 e. The van der Waals surface area contributed by atoms with Crippen molar-refractivity contribution in [1.29, 1.82) is 0 Å². The number of anilines is 1. The van der Waals surface area contributed by atoms with Crippen molar-refractivity contribution in [3.8, 4) is 0 Å². The van der Waals surface area contributed by atoms with Crippen LogP contribution in [0.15, 0.2) is 12.1 Å². The molecule has 1 amide bonds. The average molecular weight is 331 g/mol. The largest absolute Gasteiger partial charge is 0.397 e. The number of nitrogens with zero attached hydrogens (tertiary/aromatic N) is 1. The number of amides is 1. The summed E-state index contributed by atoms with van der Waals surface area (Å²) >= 11 is 11.9. The predicted octanol–water partition coefficient (Wildman–Crippen LogP) is 2.55. The monoisotopic (exact) mass is 330 g/mol. The van der Waals surface area contributed by atoms with E-state index in [1.807, 2.05) is 0 Å². The Hall–Kier alpha value is -1.01. The number of likely N-dealkylation sites (tertiary alicyclic amines) is 1. The maximum absolute atomic E-state index is 12.5. The van der Waals surface area contributed by atoms with Gasteiger partial charge in [0.15, 0.2) is 5.79 Å². The summed E-state index contributed by atoms with van der Waals surface area (Å²) in [6, 6.07) is 3.11. The van der Waals surface area contributed by atoms with Crippen LogP contribution in [0, 0.1) is 0 Å². The van der Waals surface area contributed by atoms with Crippen molar-refractivity contribution in [1.82, 2.24) is 4.90 Å². The summed E-state index contributed by atoms with van der Waals surface area (Å²) < 4.78 is 11.3. The molecule has 5 nitrogen and oxygen atoms in total. The first-order valence-electron chi connectivity index (χ1n) is 6.82. The van der Waals surface area contributed by atoms with E-state index in [0.717, 1.165) is 0 Å². The second-order valence-electron chi connectivity index (χ2n) is 5.26. The third-order valence-corrected chi connectivity index (χ3v) is 4.75. The van der Waals surface area contributed by atoms with E-state index in [1.54, 1.807) is 17.0 Å². The number of hydrogen-bond donors (Lipinski definition) is 1. The molecule has 2 N–H and O–H groups in total. The first-order valence-corrected chi connectivity index (χ1v) is 7.58. The number of piperidine rings is 1. The minimum atomic E-state index is -0.493. The SMILES string of the molecule is Nc1cc(C(=O)N2CCC3(CC2)OCCO3)cc(Cl)c1Cl. The second-order valence-corrected chi connectivity index (χ2v) is 6.05. The summed E-state index contributed by atoms with van der Waals surface area (Å²) in [5, 5.41) is 0.564. The minimum Gasteiger partial charge on any atom is -0.397 e. The van der Waals surface area contributed by atoms with E-state index in [9.17, 15) is 4.79 Å². The van der Waals surface area contributed by atoms with E-state index in [4.69, 9.17) is 38.4 Å². The van der Waals surface area contributed by atoms with Gasteiger partial charge in [0.25, 0.3) is 5.91 Å². The van der Waals surface area contributed by atoms with Gasteiger partial charge in [0, 0.05) is 31.5 Å². The number of ether oxygens (including phenoxy) is 2. The van der Waals surface area contributed by atoms with Gasteiger partial charge in [-0.1, -0.05) is 23.2 Å². The summed E-state index contributed by atoms with van der Waals surface area (Å²) in [5.74, 6) is -0.596. The van der Waals surface area contributed by atoms with Crippen LogP contribution in [0.2, 0.25) is 10.0 Å². The van der Waals surface area contributed by atoms with Crippen molar-refractivity contribution in [3.63, 3.8) is 0 Å². The highest BCUT2D eigenvalue weighted by Gasteiger charge is 2.40. The zero-order valence-corrected chi connectivity index (χ0v) is 12.9. The number of carbonyl (C=O) groups is 1. The highest BCUT2D eigenvalue weighted by molar-refractivity contribution is 6.43. The molecule has 2 saturated heterocycles. The molecule has 21 heavy (non-hydrogen) atoms. The van der Waals surface area contributed by atoms with Crippen LogP contribution in [-0.4, -0.2) is 42.9 Å². The lowest BCUT2D eigenvalue weighted by Crippen LogP contribution is -2.47. The molecule has 0 bridgehead atoms. The summed E-state index contributed by atoms with van der Waals surface area (Å²) in [5.41, 5.74) is 6.51. The van der Waals surface area contributed by atoms with Crippen LogP contribution in [0.4, 0.5) is 5.69 Å². The number of nitrogen functional groups attached to an aromatic ring is 1. The van der Waals surface area contributed by atoms with Crippen LogP contribution in [-0.2, 0) is 9.47 Å². The number of halogens is 2. The summed E-state index contributed by atoms with van der Waals surface area (Å²) in [6.45, 7) is 2.41. The molecule has 0 aromatic heterocycles. The molecule has 0 radical (unpaired) electrons. The van der Waals surface area contributed by atoms with Gasteiger partial charge >= 0.3 is 0 Å². The third kappa shape index (κ3) is 2.83. The van der Waals surface area contributed by atoms with Crippen LogP contribution in [0.1, 0.15) is 23.2 Å². The Morgan fingerprint density at radius 2 is 1.81 bits per heavy atom. The van der Waals surface area contributed by atoms with Gasteiger partial charge in [-0.2, -0.15) is 0 Å². The van der Waals surface area contributed by atoms with Crippen molar-refractivity contribution >= 4 is 34.8 Å². The van der Waals surface area contributed by atoms with Crippen LogP contribution < -0.4 is 5.73 Å². The topological polar surface area (TPSA) is 64.8 Å². The van der Waals surface area contributed by atoms with Crippen molar-refractivity contribution in [2.45, 2.75) is 18.6 Å². The molecule has 0 saturated carbocycles. The van der Waals surface area contributed by atoms with Gasteiger partial charge in [-0.15, -0.1) is 0 Å². The van der Waals surface area contributed by atoms with Crippen LogP contribution >= 0.6 is 23.2 Å². The van der Waals surface area contributed by atoms with Crippen molar-refractivity contribution < 1.29 is 14.3 Å². The molecule has 1 aromatic rings. The van der Waals surface area contributed by atoms with Gasteiger partial charge in [0.1, 0.15) is 0 Å². The Kier molecular flexibility index (Phi) is 4.01. The molecule has 1 spiro atoms. The zero-order valence-electron chi connectivity index (χ0n) is 11.4. The molecule has 2 aliphatic heterocycles. The molecule has 114 valence electrons. The van der Waals surface area contributed by atoms with Gasteiger partial charge in [-0.3, -0.25) is 4.79 Å². The van der Waals surface area contributed by atoms with Crippen LogP contribution in [0.3, 0.4) is 0 Å². The molecule has 0 aliphatic carbocycles. The fourth-order valence-corrected chi connectivity index (χ4v) is 3.09. The standard InChI is InChI=1S/C14H16Cl2N2O3/c15-10-7-9(8-11(17)12(10)16)13(19)18-3-1-14(2-4-18)20-5-6-21-14/h7-8H,1-6,17H2. The highest BCUT2D eigenvalue weighted by atomic mass is 35.5. The fraction of sp³-hybridized carbons (Fsp3) is 0.500. The Morgan fingerprint density at radius 1 is 1.19 bits per heavy atom. The molecule has 2 aliphatic rings. The van der Waals surface area contributed by atoms with E-state index < -0.39 is 5.79 Å².